The van der Waals surface area contributed by atoms with Gasteiger partial charge in [-0.15, -0.1) is 0 Å². The lowest BCUT2D eigenvalue weighted by molar-refractivity contribution is -0.137. The van der Waals surface area contributed by atoms with Crippen molar-refractivity contribution in [3.05, 3.63) is 141 Å². The van der Waals surface area contributed by atoms with Crippen molar-refractivity contribution in [2.24, 2.45) is 5.73 Å². The summed E-state index contributed by atoms with van der Waals surface area (Å²) in [4.78, 5) is 41.2. The van der Waals surface area contributed by atoms with Crippen LogP contribution in [0.15, 0.2) is 102 Å². The number of H-pyrrole nitrogens is 1. The van der Waals surface area contributed by atoms with Gasteiger partial charge in [0.1, 0.15) is 5.65 Å². The zero-order chi connectivity index (χ0) is 30.3. The number of primary amides is 1. The van der Waals surface area contributed by atoms with Gasteiger partial charge in [0.15, 0.2) is 0 Å². The Kier molecular flexibility index (Phi) is 8.83. The molecule has 2 amide bonds. The summed E-state index contributed by atoms with van der Waals surface area (Å²) in [6.45, 7) is 1.84. The second kappa shape index (κ2) is 12.7. The third-order valence-electron chi connectivity index (χ3n) is 5.92. The number of carbonyl (C=O) groups excluding carboxylic acids is 2. The first-order valence-electron chi connectivity index (χ1n) is 12.4. The number of nitrogens with zero attached hydrogens (tertiary/aromatic N) is 1. The largest absolute Gasteiger partial charge is 0.416 e. The molecular weight excluding hydrogens is 545 g/mol. The van der Waals surface area contributed by atoms with Crippen LogP contribution in [0, 0.1) is 18.8 Å². The predicted molar refractivity (Wildman–Crippen MR) is 154 cm³/mol. The lowest BCUT2D eigenvalue weighted by atomic mass is 10.0. The fourth-order valence-electron chi connectivity index (χ4n) is 3.72. The summed E-state index contributed by atoms with van der Waals surface area (Å²) in [6.07, 6.45) is -2.97. The molecule has 0 saturated carbocycles. The quantitative estimate of drug-likeness (QED) is 0.243. The third-order valence-corrected chi connectivity index (χ3v) is 5.92. The standard InChI is InChI=1S/C25H16F3N3O2.C7H7NO/c1-15-5-7-19(24(33)30-21-4-2-3-20(13-21)25(26,27)28)12-17(15)8-6-16-11-18-9-10-22(32)31-23(18)29-14-16;8-7(9)6-4-2-1-3-5-6/h2-5,7,9-14H,1H3,(H,30,33)(H,29,31,32);1-5H,(H2,8,9). The zero-order valence-electron chi connectivity index (χ0n) is 22.1. The van der Waals surface area contributed by atoms with Crippen LogP contribution in [0.25, 0.3) is 11.0 Å². The topological polar surface area (TPSA) is 118 Å². The molecule has 5 rings (SSSR count). The van der Waals surface area contributed by atoms with Crippen LogP contribution in [0.4, 0.5) is 18.9 Å². The number of nitrogens with two attached hydrogens (primary N) is 1. The van der Waals surface area contributed by atoms with Crippen molar-refractivity contribution in [2.75, 3.05) is 5.32 Å². The number of aromatic nitrogens is 2. The number of rotatable bonds is 3. The first-order chi connectivity index (χ1) is 20.0. The van der Waals surface area contributed by atoms with E-state index >= 15 is 0 Å². The summed E-state index contributed by atoms with van der Waals surface area (Å²) in [5.41, 5.74) is 7.24. The van der Waals surface area contributed by atoms with Crippen LogP contribution in [0.3, 0.4) is 0 Å². The predicted octanol–water partition coefficient (Wildman–Crippen LogP) is 5.69. The van der Waals surface area contributed by atoms with Gasteiger partial charge in [0, 0.05) is 45.6 Å². The zero-order valence-corrected chi connectivity index (χ0v) is 22.1. The summed E-state index contributed by atoms with van der Waals surface area (Å²) in [5.74, 6) is 5.06. The van der Waals surface area contributed by atoms with E-state index in [1.54, 1.807) is 54.6 Å². The Hall–Kier alpha value is -5.69. The molecule has 4 N–H and O–H groups in total. The average Bonchev–Trinajstić information content (AvgIpc) is 2.97. The summed E-state index contributed by atoms with van der Waals surface area (Å²) in [5, 5.41) is 3.22. The van der Waals surface area contributed by atoms with E-state index < -0.39 is 17.6 Å². The van der Waals surface area contributed by atoms with Gasteiger partial charge >= 0.3 is 6.18 Å². The van der Waals surface area contributed by atoms with Gasteiger partial charge < -0.3 is 16.0 Å². The maximum absolute atomic E-state index is 12.9. The molecule has 10 heteroatoms. The van der Waals surface area contributed by atoms with Crippen molar-refractivity contribution in [3.8, 4) is 11.8 Å². The molecule has 0 fully saturated rings. The van der Waals surface area contributed by atoms with Crippen LogP contribution in [0.2, 0.25) is 0 Å². The number of alkyl halides is 3. The van der Waals surface area contributed by atoms with Crippen molar-refractivity contribution < 1.29 is 22.8 Å². The third kappa shape index (κ3) is 7.70. The first-order valence-corrected chi connectivity index (χ1v) is 12.4. The maximum Gasteiger partial charge on any atom is 0.416 e. The van der Waals surface area contributed by atoms with E-state index in [0.29, 0.717) is 22.3 Å². The number of aryl methyl sites for hydroxylation is 1. The molecule has 210 valence electrons. The lowest BCUT2D eigenvalue weighted by Crippen LogP contribution is -2.13. The van der Waals surface area contributed by atoms with Crippen LogP contribution in [-0.4, -0.2) is 21.8 Å². The number of halogens is 3. The fourth-order valence-corrected chi connectivity index (χ4v) is 3.72. The Labute approximate surface area is 238 Å². The number of carbonyl (C=O) groups is 2. The van der Waals surface area contributed by atoms with Crippen molar-refractivity contribution in [2.45, 2.75) is 13.1 Å². The van der Waals surface area contributed by atoms with Crippen molar-refractivity contribution in [1.29, 1.82) is 0 Å². The van der Waals surface area contributed by atoms with E-state index in [1.165, 1.54) is 24.4 Å². The highest BCUT2D eigenvalue weighted by Crippen LogP contribution is 2.30. The van der Waals surface area contributed by atoms with Gasteiger partial charge in [-0.25, -0.2) is 4.98 Å². The minimum atomic E-state index is -4.50. The van der Waals surface area contributed by atoms with Crippen LogP contribution < -0.4 is 16.6 Å². The normalized spacial score (nSPS) is 10.6. The molecule has 5 aromatic rings. The van der Waals surface area contributed by atoms with Gasteiger partial charge in [0.2, 0.25) is 11.5 Å². The Morgan fingerprint density at radius 2 is 1.64 bits per heavy atom. The van der Waals surface area contributed by atoms with Gasteiger partial charge in [-0.3, -0.25) is 14.4 Å². The number of hydrogen-bond donors (Lipinski definition) is 3. The average molecular weight is 569 g/mol. The lowest BCUT2D eigenvalue weighted by Gasteiger charge is -2.10. The number of amides is 2. The SMILES string of the molecule is Cc1ccc(C(=O)Nc2cccc(C(F)(F)F)c2)cc1C#Cc1cnc2[nH]c(=O)ccc2c1.NC(=O)c1ccccc1. The maximum atomic E-state index is 12.9. The minimum absolute atomic E-state index is 0.0447. The Morgan fingerprint density at radius 3 is 2.33 bits per heavy atom. The van der Waals surface area contributed by atoms with E-state index in [4.69, 9.17) is 5.73 Å². The summed E-state index contributed by atoms with van der Waals surface area (Å²) < 4.78 is 38.7. The molecule has 2 aromatic heterocycles. The number of anilines is 1. The molecule has 3 aromatic carbocycles. The molecule has 0 spiro atoms. The highest BCUT2D eigenvalue weighted by molar-refractivity contribution is 6.04. The van der Waals surface area contributed by atoms with Crippen molar-refractivity contribution >= 4 is 28.5 Å². The van der Waals surface area contributed by atoms with Gasteiger partial charge in [-0.05, 0) is 67.1 Å². The molecular formula is C32H23F3N4O3. The van der Waals surface area contributed by atoms with E-state index in [-0.39, 0.29) is 22.7 Å². The number of benzene rings is 3. The smallest absolute Gasteiger partial charge is 0.366 e. The number of pyridine rings is 2. The fraction of sp³-hybridized carbons (Fsp3) is 0.0625. The van der Waals surface area contributed by atoms with Crippen LogP contribution in [0.1, 0.15) is 43.0 Å². The second-order valence-electron chi connectivity index (χ2n) is 9.03. The molecule has 42 heavy (non-hydrogen) atoms. The first kappa shape index (κ1) is 29.3. The summed E-state index contributed by atoms with van der Waals surface area (Å²) in [6, 6.07) is 22.9. The molecule has 0 aliphatic carbocycles. The van der Waals surface area contributed by atoms with Gasteiger partial charge in [-0.2, -0.15) is 13.2 Å². The Bertz CT molecular complexity index is 1890. The molecule has 0 unspecified atom stereocenters. The molecule has 0 aliphatic heterocycles. The van der Waals surface area contributed by atoms with E-state index in [2.05, 4.69) is 27.1 Å². The van der Waals surface area contributed by atoms with Crippen LogP contribution in [0.5, 0.6) is 0 Å². The molecule has 0 saturated heterocycles. The van der Waals surface area contributed by atoms with E-state index in [0.717, 1.165) is 23.1 Å². The minimum Gasteiger partial charge on any atom is -0.366 e. The van der Waals surface area contributed by atoms with Gasteiger partial charge in [-0.1, -0.05) is 42.2 Å². The highest BCUT2D eigenvalue weighted by atomic mass is 19.4. The monoisotopic (exact) mass is 568 g/mol. The Balaban J connectivity index is 0.000000385. The number of fused-ring (bicyclic) bond motifs is 1. The molecule has 0 atom stereocenters. The number of hydrogen-bond acceptors (Lipinski definition) is 4. The van der Waals surface area contributed by atoms with E-state index in [1.807, 2.05) is 13.0 Å². The molecule has 2 heterocycles. The van der Waals surface area contributed by atoms with Crippen LogP contribution >= 0.6 is 0 Å². The Morgan fingerprint density at radius 1 is 0.881 bits per heavy atom. The van der Waals surface area contributed by atoms with Gasteiger partial charge in [0.05, 0.1) is 5.56 Å². The van der Waals surface area contributed by atoms with Crippen molar-refractivity contribution in [1.82, 2.24) is 9.97 Å². The highest BCUT2D eigenvalue weighted by Gasteiger charge is 2.30. The number of aromatic amines is 1. The summed E-state index contributed by atoms with van der Waals surface area (Å²) in [7, 11) is 0. The van der Waals surface area contributed by atoms with Crippen molar-refractivity contribution in [3.63, 3.8) is 0 Å². The molecule has 0 radical (unpaired) electrons. The molecule has 7 nitrogen and oxygen atoms in total. The second-order valence-corrected chi connectivity index (χ2v) is 9.03. The van der Waals surface area contributed by atoms with Gasteiger partial charge in [0.25, 0.3) is 5.91 Å². The van der Waals surface area contributed by atoms with Crippen LogP contribution in [-0.2, 0) is 6.18 Å². The number of nitrogens with one attached hydrogen (secondary N) is 2. The molecule has 0 aliphatic rings. The molecule has 0 bridgehead atoms. The van der Waals surface area contributed by atoms with E-state index in [9.17, 15) is 27.6 Å². The summed E-state index contributed by atoms with van der Waals surface area (Å²) >= 11 is 0.